The minimum atomic E-state index is 0.414. The van der Waals surface area contributed by atoms with Gasteiger partial charge >= 0.3 is 0 Å². The fourth-order valence-electron chi connectivity index (χ4n) is 2.81. The van der Waals surface area contributed by atoms with Crippen LogP contribution in [0.5, 0.6) is 0 Å². The molecule has 1 atom stereocenters. The van der Waals surface area contributed by atoms with Crippen LogP contribution in [0.4, 0.5) is 0 Å². The minimum absolute atomic E-state index is 0.414. The lowest BCUT2D eigenvalue weighted by Gasteiger charge is -2.22. The summed E-state index contributed by atoms with van der Waals surface area (Å²) < 4.78 is 0. The first-order valence-corrected chi connectivity index (χ1v) is 9.20. The molecule has 0 heterocycles. The van der Waals surface area contributed by atoms with E-state index in [0.29, 0.717) is 11.3 Å². The van der Waals surface area contributed by atoms with E-state index in [1.165, 1.54) is 51.4 Å². The van der Waals surface area contributed by atoms with Crippen LogP contribution < -0.4 is 0 Å². The molecule has 0 amide bonds. The first kappa shape index (κ1) is 20.9. The SMILES string of the molecule is CCCCCCCCCCOOCCC(C)CC(C)(C)C. The lowest BCUT2D eigenvalue weighted by Crippen LogP contribution is -2.13. The Morgan fingerprint density at radius 1 is 0.762 bits per heavy atom. The highest BCUT2D eigenvalue weighted by Gasteiger charge is 2.14. The van der Waals surface area contributed by atoms with Crippen LogP contribution in [0.3, 0.4) is 0 Å². The number of hydrogen-bond donors (Lipinski definition) is 0. The van der Waals surface area contributed by atoms with Gasteiger partial charge in [0.15, 0.2) is 0 Å². The van der Waals surface area contributed by atoms with Crippen molar-refractivity contribution in [3.05, 3.63) is 0 Å². The van der Waals surface area contributed by atoms with E-state index in [0.717, 1.165) is 26.1 Å². The molecule has 21 heavy (non-hydrogen) atoms. The van der Waals surface area contributed by atoms with Gasteiger partial charge in [-0.3, -0.25) is 0 Å². The predicted octanol–water partition coefficient (Wildman–Crippen LogP) is 6.54. The van der Waals surface area contributed by atoms with Crippen molar-refractivity contribution in [2.24, 2.45) is 11.3 Å². The first-order chi connectivity index (χ1) is 9.95. The lowest BCUT2D eigenvalue weighted by molar-refractivity contribution is -0.296. The maximum absolute atomic E-state index is 5.28. The van der Waals surface area contributed by atoms with E-state index < -0.39 is 0 Å². The third kappa shape index (κ3) is 17.9. The second-order valence-corrected chi connectivity index (χ2v) is 7.78. The van der Waals surface area contributed by atoms with Crippen molar-refractivity contribution in [3.63, 3.8) is 0 Å². The van der Waals surface area contributed by atoms with Gasteiger partial charge in [-0.1, -0.05) is 79.6 Å². The largest absolute Gasteiger partial charge is 0.237 e. The van der Waals surface area contributed by atoms with Gasteiger partial charge in [0, 0.05) is 0 Å². The van der Waals surface area contributed by atoms with Crippen LogP contribution in [0.2, 0.25) is 0 Å². The smallest absolute Gasteiger partial charge is 0.0824 e. The number of rotatable bonds is 14. The van der Waals surface area contributed by atoms with Gasteiger partial charge in [-0.2, -0.15) is 0 Å². The zero-order valence-corrected chi connectivity index (χ0v) is 15.4. The van der Waals surface area contributed by atoms with Crippen molar-refractivity contribution in [2.45, 2.75) is 98.8 Å². The van der Waals surface area contributed by atoms with Gasteiger partial charge in [0.05, 0.1) is 13.2 Å². The molecule has 2 nitrogen and oxygen atoms in total. The molecule has 128 valence electrons. The fraction of sp³-hybridized carbons (Fsp3) is 1.00. The van der Waals surface area contributed by atoms with Crippen molar-refractivity contribution < 1.29 is 9.78 Å². The van der Waals surface area contributed by atoms with E-state index in [4.69, 9.17) is 9.78 Å². The van der Waals surface area contributed by atoms with E-state index in [2.05, 4.69) is 34.6 Å². The van der Waals surface area contributed by atoms with Crippen molar-refractivity contribution in [3.8, 4) is 0 Å². The van der Waals surface area contributed by atoms with Gasteiger partial charge in [0.25, 0.3) is 0 Å². The van der Waals surface area contributed by atoms with E-state index >= 15 is 0 Å². The Morgan fingerprint density at radius 3 is 1.86 bits per heavy atom. The van der Waals surface area contributed by atoms with Crippen LogP contribution in [0.15, 0.2) is 0 Å². The zero-order chi connectivity index (χ0) is 16.0. The molecule has 0 radical (unpaired) electrons. The molecule has 0 saturated heterocycles. The van der Waals surface area contributed by atoms with Crippen molar-refractivity contribution in [2.75, 3.05) is 13.2 Å². The van der Waals surface area contributed by atoms with Gasteiger partial charge in [-0.15, -0.1) is 0 Å². The van der Waals surface area contributed by atoms with Crippen LogP contribution >= 0.6 is 0 Å². The van der Waals surface area contributed by atoms with E-state index in [1.54, 1.807) is 0 Å². The Morgan fingerprint density at radius 2 is 1.29 bits per heavy atom. The van der Waals surface area contributed by atoms with Gasteiger partial charge in [0.1, 0.15) is 0 Å². The summed E-state index contributed by atoms with van der Waals surface area (Å²) in [7, 11) is 0. The Bertz CT molecular complexity index is 208. The molecule has 0 aromatic rings. The fourth-order valence-corrected chi connectivity index (χ4v) is 2.81. The highest BCUT2D eigenvalue weighted by atomic mass is 17.2. The van der Waals surface area contributed by atoms with E-state index in [9.17, 15) is 0 Å². The highest BCUT2D eigenvalue weighted by Crippen LogP contribution is 2.25. The quantitative estimate of drug-likeness (QED) is 0.206. The average molecular weight is 301 g/mol. The average Bonchev–Trinajstić information content (AvgIpc) is 2.38. The molecule has 0 aliphatic heterocycles. The Labute approximate surface area is 133 Å². The third-order valence-electron chi connectivity index (χ3n) is 3.82. The summed E-state index contributed by atoms with van der Waals surface area (Å²) >= 11 is 0. The van der Waals surface area contributed by atoms with Crippen LogP contribution in [0.25, 0.3) is 0 Å². The molecule has 0 aliphatic rings. The minimum Gasteiger partial charge on any atom is -0.237 e. The molecule has 0 rings (SSSR count). The summed E-state index contributed by atoms with van der Waals surface area (Å²) in [6.07, 6.45) is 13.0. The molecule has 0 N–H and O–H groups in total. The molecule has 2 heteroatoms. The second kappa shape index (κ2) is 13.6. The van der Waals surface area contributed by atoms with E-state index in [1.807, 2.05) is 0 Å². The maximum atomic E-state index is 5.28. The van der Waals surface area contributed by atoms with Gasteiger partial charge in [0.2, 0.25) is 0 Å². The van der Waals surface area contributed by atoms with Crippen LogP contribution in [0.1, 0.15) is 98.8 Å². The Balaban J connectivity index is 3.15. The van der Waals surface area contributed by atoms with E-state index in [-0.39, 0.29) is 0 Å². The Hall–Kier alpha value is -0.0800. The lowest BCUT2D eigenvalue weighted by atomic mass is 9.84. The third-order valence-corrected chi connectivity index (χ3v) is 3.82. The van der Waals surface area contributed by atoms with Gasteiger partial charge in [-0.05, 0) is 30.6 Å². The van der Waals surface area contributed by atoms with Crippen LogP contribution in [-0.4, -0.2) is 13.2 Å². The standard InChI is InChI=1S/C19H40O2/c1-6-7-8-9-10-11-12-13-15-20-21-16-14-18(2)17-19(3,4)5/h18H,6-17H2,1-5H3. The molecule has 0 aromatic carbocycles. The summed E-state index contributed by atoms with van der Waals surface area (Å²) in [6, 6.07) is 0. The molecule has 0 bridgehead atoms. The summed E-state index contributed by atoms with van der Waals surface area (Å²) in [4.78, 5) is 10.5. The van der Waals surface area contributed by atoms with Gasteiger partial charge < -0.3 is 0 Å². The highest BCUT2D eigenvalue weighted by molar-refractivity contribution is 4.65. The molecule has 1 unspecified atom stereocenters. The number of hydrogen-bond acceptors (Lipinski definition) is 2. The Kier molecular flexibility index (Phi) is 13.5. The van der Waals surface area contributed by atoms with Crippen molar-refractivity contribution in [1.82, 2.24) is 0 Å². The molecule has 0 saturated carbocycles. The monoisotopic (exact) mass is 300 g/mol. The maximum Gasteiger partial charge on any atom is 0.0824 e. The summed E-state index contributed by atoms with van der Waals surface area (Å²) in [5, 5.41) is 0. The molecule has 0 spiro atoms. The van der Waals surface area contributed by atoms with Crippen LogP contribution in [-0.2, 0) is 9.78 Å². The van der Waals surface area contributed by atoms with Gasteiger partial charge in [-0.25, -0.2) is 9.78 Å². The van der Waals surface area contributed by atoms with Crippen molar-refractivity contribution in [1.29, 1.82) is 0 Å². The summed E-state index contributed by atoms with van der Waals surface area (Å²) in [5.41, 5.74) is 0.414. The summed E-state index contributed by atoms with van der Waals surface area (Å²) in [6.45, 7) is 12.9. The predicted molar refractivity (Wildman–Crippen MR) is 92.4 cm³/mol. The number of unbranched alkanes of at least 4 members (excludes halogenated alkanes) is 7. The molecular weight excluding hydrogens is 260 g/mol. The molecule has 0 fully saturated rings. The van der Waals surface area contributed by atoms with Crippen molar-refractivity contribution >= 4 is 0 Å². The molecular formula is C19H40O2. The molecule has 0 aromatic heterocycles. The molecule has 0 aliphatic carbocycles. The zero-order valence-electron chi connectivity index (χ0n) is 15.4. The topological polar surface area (TPSA) is 18.5 Å². The first-order valence-electron chi connectivity index (χ1n) is 9.20. The normalized spacial score (nSPS) is 13.6. The summed E-state index contributed by atoms with van der Waals surface area (Å²) in [5.74, 6) is 0.705. The van der Waals surface area contributed by atoms with Crippen LogP contribution in [0, 0.1) is 11.3 Å². The second-order valence-electron chi connectivity index (χ2n) is 7.78.